The smallest absolute Gasteiger partial charge is 0.326 e. The summed E-state index contributed by atoms with van der Waals surface area (Å²) in [6.45, 7) is 2.10. The third kappa shape index (κ3) is 4.13. The third-order valence-corrected chi connectivity index (χ3v) is 6.70. The molecule has 0 spiro atoms. The van der Waals surface area contributed by atoms with Crippen molar-refractivity contribution < 1.29 is 9.53 Å². The zero-order valence-electron chi connectivity index (χ0n) is 18.3. The first-order valence-corrected chi connectivity index (χ1v) is 11.9. The summed E-state index contributed by atoms with van der Waals surface area (Å²) in [5, 5.41) is 0. The molecular weight excluding hydrogens is 482 g/mol. The fourth-order valence-electron chi connectivity index (χ4n) is 4.66. The molecule has 7 heteroatoms. The first-order valence-electron chi connectivity index (χ1n) is 11.1. The highest BCUT2D eigenvalue weighted by atomic mass is 79.9. The van der Waals surface area contributed by atoms with Gasteiger partial charge in [0.15, 0.2) is 0 Å². The molecule has 0 bridgehead atoms. The summed E-state index contributed by atoms with van der Waals surface area (Å²) in [5.74, 6) is 0.436. The molecule has 1 atom stereocenters. The average molecular weight is 506 g/mol. The maximum atomic E-state index is 13.5. The van der Waals surface area contributed by atoms with Gasteiger partial charge < -0.3 is 13.9 Å². The Balaban J connectivity index is 1.48. The number of ether oxygens (including phenoxy) is 1. The molecular formula is C26H24BrN3O3. The highest BCUT2D eigenvalue weighted by molar-refractivity contribution is 9.10. The molecule has 0 saturated heterocycles. The van der Waals surface area contributed by atoms with Gasteiger partial charge in [0.1, 0.15) is 24.5 Å². The van der Waals surface area contributed by atoms with Crippen LogP contribution >= 0.6 is 15.9 Å². The van der Waals surface area contributed by atoms with Gasteiger partial charge in [0.2, 0.25) is 0 Å². The molecule has 0 radical (unpaired) electrons. The molecule has 1 aliphatic rings. The number of hydrogen-bond acceptors (Lipinski definition) is 4. The third-order valence-electron chi connectivity index (χ3n) is 6.21. The van der Waals surface area contributed by atoms with Crippen LogP contribution < -0.4 is 5.56 Å². The van der Waals surface area contributed by atoms with Crippen molar-refractivity contribution in [2.24, 2.45) is 0 Å². The minimum atomic E-state index is -0.446. The van der Waals surface area contributed by atoms with E-state index in [-0.39, 0.29) is 24.8 Å². The molecule has 2 aromatic heterocycles. The van der Waals surface area contributed by atoms with Gasteiger partial charge in [-0.3, -0.25) is 9.59 Å². The Bertz CT molecular complexity index is 1390. The van der Waals surface area contributed by atoms with Crippen molar-refractivity contribution >= 4 is 32.9 Å². The number of pyridine rings is 1. The lowest BCUT2D eigenvalue weighted by Crippen LogP contribution is -2.27. The second-order valence-corrected chi connectivity index (χ2v) is 9.19. The number of halogens is 1. The fourth-order valence-corrected chi connectivity index (χ4v) is 5.06. The van der Waals surface area contributed by atoms with E-state index in [0.29, 0.717) is 11.0 Å². The fraction of sp³-hybridized carbons (Fsp3) is 0.269. The lowest BCUT2D eigenvalue weighted by atomic mass is 10.1. The molecule has 0 N–H and O–H groups in total. The van der Waals surface area contributed by atoms with Crippen LogP contribution in [0.2, 0.25) is 0 Å². The van der Waals surface area contributed by atoms with Gasteiger partial charge >= 0.3 is 5.97 Å². The van der Waals surface area contributed by atoms with Crippen molar-refractivity contribution in [1.29, 1.82) is 0 Å². The van der Waals surface area contributed by atoms with Gasteiger partial charge in [-0.15, -0.1) is 0 Å². The standard InChI is InChI=1S/C26H24BrN3O3/c1-2-23-28-21-12-13-29(15-24(31)33-16-17-6-4-3-5-7-17)26(32)25(21)30(23)22-11-8-18-14-19(27)9-10-20(18)22/h3-7,9-10,12-14,22H,2,8,11,15-16H2,1H3/t22-/m0/s1. The monoisotopic (exact) mass is 505 g/mol. The number of imidazole rings is 1. The predicted octanol–water partition coefficient (Wildman–Crippen LogP) is 4.80. The van der Waals surface area contributed by atoms with E-state index in [9.17, 15) is 9.59 Å². The summed E-state index contributed by atoms with van der Waals surface area (Å²) in [7, 11) is 0. The van der Waals surface area contributed by atoms with E-state index in [1.807, 2.05) is 42.5 Å². The highest BCUT2D eigenvalue weighted by Gasteiger charge is 2.28. The first-order chi connectivity index (χ1) is 16.0. The van der Waals surface area contributed by atoms with E-state index >= 15 is 0 Å². The number of benzene rings is 2. The van der Waals surface area contributed by atoms with Crippen LogP contribution in [-0.2, 0) is 35.5 Å². The largest absolute Gasteiger partial charge is 0.459 e. The number of aromatic nitrogens is 3. The Labute approximate surface area is 200 Å². The predicted molar refractivity (Wildman–Crippen MR) is 130 cm³/mol. The van der Waals surface area contributed by atoms with E-state index in [4.69, 9.17) is 9.72 Å². The molecule has 0 saturated carbocycles. The van der Waals surface area contributed by atoms with Gasteiger partial charge in [-0.05, 0) is 47.7 Å². The van der Waals surface area contributed by atoms with Crippen LogP contribution in [0.4, 0.5) is 0 Å². The number of hydrogen-bond donors (Lipinski definition) is 0. The summed E-state index contributed by atoms with van der Waals surface area (Å²) >= 11 is 3.56. The summed E-state index contributed by atoms with van der Waals surface area (Å²) in [5.41, 5.74) is 4.42. The number of carbonyl (C=O) groups excluding carboxylic acids is 1. The number of nitrogens with zero attached hydrogens (tertiary/aromatic N) is 3. The van der Waals surface area contributed by atoms with Crippen LogP contribution in [0.1, 0.15) is 41.9 Å². The Morgan fingerprint density at radius 3 is 2.79 bits per heavy atom. The zero-order chi connectivity index (χ0) is 22.9. The lowest BCUT2D eigenvalue weighted by molar-refractivity contribution is -0.145. The van der Waals surface area contributed by atoms with Crippen LogP contribution in [0.15, 0.2) is 70.1 Å². The molecule has 168 valence electrons. The van der Waals surface area contributed by atoms with Crippen LogP contribution in [0.3, 0.4) is 0 Å². The second kappa shape index (κ2) is 8.98. The highest BCUT2D eigenvalue weighted by Crippen LogP contribution is 2.38. The number of aryl methyl sites for hydroxylation is 2. The molecule has 6 nitrogen and oxygen atoms in total. The normalized spacial score (nSPS) is 15.0. The maximum absolute atomic E-state index is 13.5. The Hall–Kier alpha value is -3.19. The van der Waals surface area contributed by atoms with Gasteiger partial charge in [-0.25, -0.2) is 4.98 Å². The number of carbonyl (C=O) groups is 1. The molecule has 0 amide bonds. The summed E-state index contributed by atoms with van der Waals surface area (Å²) < 4.78 is 9.96. The minimum absolute atomic E-state index is 0.0571. The Morgan fingerprint density at radius 1 is 1.18 bits per heavy atom. The summed E-state index contributed by atoms with van der Waals surface area (Å²) in [6, 6.07) is 17.7. The average Bonchev–Trinajstić information content (AvgIpc) is 3.41. The van der Waals surface area contributed by atoms with Crippen LogP contribution in [0, 0.1) is 0 Å². The van der Waals surface area contributed by atoms with E-state index < -0.39 is 5.97 Å². The van der Waals surface area contributed by atoms with Gasteiger partial charge in [-0.1, -0.05) is 59.3 Å². The SMILES string of the molecule is CCc1nc2ccn(CC(=O)OCc3ccccc3)c(=O)c2n1[C@H]1CCc2cc(Br)ccc21. The van der Waals surface area contributed by atoms with Crippen molar-refractivity contribution in [2.45, 2.75) is 45.4 Å². The molecule has 2 aromatic carbocycles. The van der Waals surface area contributed by atoms with Crippen molar-refractivity contribution in [1.82, 2.24) is 14.1 Å². The van der Waals surface area contributed by atoms with Crippen LogP contribution in [-0.4, -0.2) is 20.1 Å². The van der Waals surface area contributed by atoms with Crippen molar-refractivity contribution in [2.75, 3.05) is 0 Å². The minimum Gasteiger partial charge on any atom is -0.459 e. The second-order valence-electron chi connectivity index (χ2n) is 8.28. The zero-order valence-corrected chi connectivity index (χ0v) is 19.9. The van der Waals surface area contributed by atoms with E-state index in [0.717, 1.165) is 35.1 Å². The number of rotatable bonds is 6. The molecule has 2 heterocycles. The number of fused-ring (bicyclic) bond motifs is 2. The van der Waals surface area contributed by atoms with Crippen molar-refractivity contribution in [3.05, 3.63) is 98.1 Å². The molecule has 5 rings (SSSR count). The van der Waals surface area contributed by atoms with Gasteiger partial charge in [0, 0.05) is 17.1 Å². The topological polar surface area (TPSA) is 66.1 Å². The first kappa shape index (κ1) is 21.6. The van der Waals surface area contributed by atoms with Crippen molar-refractivity contribution in [3.8, 4) is 0 Å². The van der Waals surface area contributed by atoms with Crippen LogP contribution in [0.25, 0.3) is 11.0 Å². The lowest BCUT2D eigenvalue weighted by Gasteiger charge is -2.18. The number of esters is 1. The van der Waals surface area contributed by atoms with E-state index in [2.05, 4.69) is 39.6 Å². The van der Waals surface area contributed by atoms with Gasteiger partial charge in [0.05, 0.1) is 11.6 Å². The quantitative estimate of drug-likeness (QED) is 0.353. The molecule has 0 unspecified atom stereocenters. The maximum Gasteiger partial charge on any atom is 0.326 e. The Kier molecular flexibility index (Phi) is 5.89. The van der Waals surface area contributed by atoms with Crippen molar-refractivity contribution in [3.63, 3.8) is 0 Å². The van der Waals surface area contributed by atoms with E-state index in [1.165, 1.54) is 15.7 Å². The summed E-state index contributed by atoms with van der Waals surface area (Å²) in [4.78, 5) is 30.7. The molecule has 0 aliphatic heterocycles. The van der Waals surface area contributed by atoms with Crippen LogP contribution in [0.5, 0.6) is 0 Å². The van der Waals surface area contributed by atoms with Gasteiger partial charge in [0.25, 0.3) is 5.56 Å². The molecule has 4 aromatic rings. The summed E-state index contributed by atoms with van der Waals surface area (Å²) in [6.07, 6.45) is 4.22. The Morgan fingerprint density at radius 2 is 2.00 bits per heavy atom. The molecule has 33 heavy (non-hydrogen) atoms. The van der Waals surface area contributed by atoms with Gasteiger partial charge in [-0.2, -0.15) is 0 Å². The molecule has 1 aliphatic carbocycles. The molecule has 0 fully saturated rings. The van der Waals surface area contributed by atoms with E-state index in [1.54, 1.807) is 6.20 Å².